The van der Waals surface area contributed by atoms with Crippen molar-refractivity contribution in [1.82, 2.24) is 4.98 Å². The highest BCUT2D eigenvalue weighted by Gasteiger charge is 2.30. The second kappa shape index (κ2) is 8.09. The molecular formula is C17H16ClN5O4. The van der Waals surface area contributed by atoms with Crippen LogP contribution in [-0.2, 0) is 0 Å². The molecule has 0 saturated heterocycles. The molecule has 1 aliphatic carbocycles. The Morgan fingerprint density at radius 1 is 1.15 bits per heavy atom. The van der Waals surface area contributed by atoms with Crippen molar-refractivity contribution in [3.63, 3.8) is 0 Å². The fourth-order valence-corrected chi connectivity index (χ4v) is 3.33. The van der Waals surface area contributed by atoms with E-state index in [1.807, 2.05) is 0 Å². The number of pyridine rings is 1. The molecule has 1 aromatic carbocycles. The van der Waals surface area contributed by atoms with Gasteiger partial charge in [0, 0.05) is 23.3 Å². The molecule has 10 heteroatoms. The minimum Gasteiger partial charge on any atom is -0.261 e. The minimum absolute atomic E-state index is 0.260. The first-order valence-corrected chi connectivity index (χ1v) is 8.71. The number of hydrogen-bond acceptors (Lipinski definition) is 7. The molecule has 0 amide bonds. The van der Waals surface area contributed by atoms with E-state index in [0.29, 0.717) is 29.4 Å². The lowest BCUT2D eigenvalue weighted by molar-refractivity contribution is -0.394. The second-order valence-electron chi connectivity index (χ2n) is 6.12. The Morgan fingerprint density at radius 2 is 1.96 bits per heavy atom. The molecule has 1 fully saturated rings. The standard InChI is InChI=1S/C17H16ClN5O4/c18-16-6-3-7-17(19-16)21-20-14-5-2-1-4-12(14)13-9-8-11(22(24)25)10-15(13)23(26)27/h3,6-10,12H,1-2,4-5H2,(H,19,21)/b20-14-. The summed E-state index contributed by atoms with van der Waals surface area (Å²) in [7, 11) is 0. The zero-order valence-corrected chi connectivity index (χ0v) is 14.9. The lowest BCUT2D eigenvalue weighted by Crippen LogP contribution is -2.20. The molecule has 1 unspecified atom stereocenters. The number of benzene rings is 1. The Balaban J connectivity index is 1.94. The zero-order valence-electron chi connectivity index (χ0n) is 14.2. The van der Waals surface area contributed by atoms with Gasteiger partial charge in [-0.15, -0.1) is 0 Å². The number of halogens is 1. The summed E-state index contributed by atoms with van der Waals surface area (Å²) in [6.45, 7) is 0. The maximum absolute atomic E-state index is 11.5. The molecule has 2 aromatic rings. The number of nitro benzene ring substituents is 2. The number of nitrogens with one attached hydrogen (secondary N) is 1. The van der Waals surface area contributed by atoms with Gasteiger partial charge in [-0.2, -0.15) is 5.10 Å². The Kier molecular flexibility index (Phi) is 5.60. The van der Waals surface area contributed by atoms with E-state index >= 15 is 0 Å². The van der Waals surface area contributed by atoms with Crippen molar-refractivity contribution in [3.8, 4) is 0 Å². The van der Waals surface area contributed by atoms with Crippen LogP contribution in [0.3, 0.4) is 0 Å². The summed E-state index contributed by atoms with van der Waals surface area (Å²) >= 11 is 5.86. The third-order valence-electron chi connectivity index (χ3n) is 4.40. The van der Waals surface area contributed by atoms with Crippen LogP contribution in [0.5, 0.6) is 0 Å². The Hall–Kier alpha value is -3.07. The van der Waals surface area contributed by atoms with Gasteiger partial charge in [-0.05, 0) is 37.5 Å². The third kappa shape index (κ3) is 4.37. The largest absolute Gasteiger partial charge is 0.280 e. The predicted molar refractivity (Wildman–Crippen MR) is 101 cm³/mol. The Bertz CT molecular complexity index is 918. The molecule has 0 spiro atoms. The molecular weight excluding hydrogens is 374 g/mol. The molecule has 9 nitrogen and oxygen atoms in total. The van der Waals surface area contributed by atoms with Gasteiger partial charge in [0.25, 0.3) is 11.4 Å². The highest BCUT2D eigenvalue weighted by atomic mass is 35.5. The predicted octanol–water partition coefficient (Wildman–Crippen LogP) is 4.68. The molecule has 3 rings (SSSR count). The van der Waals surface area contributed by atoms with Gasteiger partial charge in [-0.3, -0.25) is 25.7 Å². The van der Waals surface area contributed by atoms with Gasteiger partial charge in [0.15, 0.2) is 0 Å². The van der Waals surface area contributed by atoms with E-state index in [4.69, 9.17) is 11.6 Å². The molecule has 140 valence electrons. The first-order chi connectivity index (χ1) is 13.0. The summed E-state index contributed by atoms with van der Waals surface area (Å²) in [6.07, 6.45) is 3.17. The van der Waals surface area contributed by atoms with E-state index in [0.717, 1.165) is 24.6 Å². The number of hydrogen-bond donors (Lipinski definition) is 1. The third-order valence-corrected chi connectivity index (χ3v) is 4.61. The van der Waals surface area contributed by atoms with Crippen molar-refractivity contribution in [1.29, 1.82) is 0 Å². The second-order valence-corrected chi connectivity index (χ2v) is 6.50. The van der Waals surface area contributed by atoms with E-state index in [-0.39, 0.29) is 17.3 Å². The quantitative estimate of drug-likeness (QED) is 0.450. The average molecular weight is 390 g/mol. The van der Waals surface area contributed by atoms with Crippen molar-refractivity contribution in [2.75, 3.05) is 5.43 Å². The van der Waals surface area contributed by atoms with E-state index in [1.54, 1.807) is 18.2 Å². The Labute approximate surface area is 159 Å². The normalized spacial score (nSPS) is 18.3. The van der Waals surface area contributed by atoms with Gasteiger partial charge in [0.1, 0.15) is 11.0 Å². The Morgan fingerprint density at radius 3 is 2.67 bits per heavy atom. The van der Waals surface area contributed by atoms with Crippen LogP contribution in [0.4, 0.5) is 17.2 Å². The monoisotopic (exact) mass is 389 g/mol. The van der Waals surface area contributed by atoms with Gasteiger partial charge < -0.3 is 0 Å². The molecule has 1 atom stereocenters. The number of nitrogens with zero attached hydrogens (tertiary/aromatic N) is 4. The topological polar surface area (TPSA) is 124 Å². The first-order valence-electron chi connectivity index (χ1n) is 8.33. The summed E-state index contributed by atoms with van der Waals surface area (Å²) in [4.78, 5) is 25.3. The highest BCUT2D eigenvalue weighted by molar-refractivity contribution is 6.29. The highest BCUT2D eigenvalue weighted by Crippen LogP contribution is 2.37. The van der Waals surface area contributed by atoms with E-state index in [1.165, 1.54) is 12.1 Å². The van der Waals surface area contributed by atoms with Crippen LogP contribution in [0, 0.1) is 20.2 Å². The number of aromatic nitrogens is 1. The van der Waals surface area contributed by atoms with Crippen molar-refractivity contribution < 1.29 is 9.85 Å². The molecule has 0 aliphatic heterocycles. The van der Waals surface area contributed by atoms with Gasteiger partial charge in [0.2, 0.25) is 0 Å². The van der Waals surface area contributed by atoms with E-state index in [9.17, 15) is 20.2 Å². The van der Waals surface area contributed by atoms with Gasteiger partial charge >= 0.3 is 0 Å². The summed E-state index contributed by atoms with van der Waals surface area (Å²) in [5.41, 5.74) is 3.47. The van der Waals surface area contributed by atoms with Crippen molar-refractivity contribution in [3.05, 3.63) is 67.3 Å². The van der Waals surface area contributed by atoms with Crippen LogP contribution in [0.1, 0.15) is 37.2 Å². The van der Waals surface area contributed by atoms with E-state index < -0.39 is 9.85 Å². The smallest absolute Gasteiger partial charge is 0.261 e. The maximum Gasteiger partial charge on any atom is 0.280 e. The van der Waals surface area contributed by atoms with Crippen molar-refractivity contribution >= 4 is 34.5 Å². The summed E-state index contributed by atoms with van der Waals surface area (Å²) in [5.74, 6) is 0.184. The van der Waals surface area contributed by atoms with Crippen LogP contribution in [0.15, 0.2) is 41.5 Å². The summed E-state index contributed by atoms with van der Waals surface area (Å²) < 4.78 is 0. The number of nitro groups is 2. The first kappa shape index (κ1) is 18.7. The summed E-state index contributed by atoms with van der Waals surface area (Å²) in [5, 5.41) is 27.1. The lowest BCUT2D eigenvalue weighted by Gasteiger charge is -2.24. The van der Waals surface area contributed by atoms with Crippen molar-refractivity contribution in [2.24, 2.45) is 5.10 Å². The maximum atomic E-state index is 11.5. The van der Waals surface area contributed by atoms with Crippen LogP contribution in [0.25, 0.3) is 0 Å². The van der Waals surface area contributed by atoms with Crippen LogP contribution < -0.4 is 5.43 Å². The number of non-ortho nitro benzene ring substituents is 1. The lowest BCUT2D eigenvalue weighted by atomic mass is 9.81. The molecule has 1 aliphatic rings. The molecule has 0 bridgehead atoms. The summed E-state index contributed by atoms with van der Waals surface area (Å²) in [6, 6.07) is 8.84. The minimum atomic E-state index is -0.640. The van der Waals surface area contributed by atoms with Crippen LogP contribution in [0.2, 0.25) is 5.15 Å². The van der Waals surface area contributed by atoms with Gasteiger partial charge in [0.05, 0.1) is 15.9 Å². The molecule has 1 aromatic heterocycles. The van der Waals surface area contributed by atoms with Crippen LogP contribution in [-0.4, -0.2) is 20.5 Å². The SMILES string of the molecule is O=[N+]([O-])c1ccc(C2CCCC/C2=N/Nc2cccc(Cl)n2)c([N+](=O)[O-])c1. The number of rotatable bonds is 5. The van der Waals surface area contributed by atoms with Gasteiger partial charge in [-0.25, -0.2) is 4.98 Å². The fourth-order valence-electron chi connectivity index (χ4n) is 3.16. The molecule has 1 N–H and O–H groups in total. The molecule has 27 heavy (non-hydrogen) atoms. The fraction of sp³-hybridized carbons (Fsp3) is 0.294. The van der Waals surface area contributed by atoms with Crippen LogP contribution >= 0.6 is 11.6 Å². The average Bonchev–Trinajstić information content (AvgIpc) is 2.66. The molecule has 1 heterocycles. The molecule has 1 saturated carbocycles. The number of hydrazone groups is 1. The molecule has 0 radical (unpaired) electrons. The zero-order chi connectivity index (χ0) is 19.4. The van der Waals surface area contributed by atoms with Gasteiger partial charge in [-0.1, -0.05) is 24.1 Å². The van der Waals surface area contributed by atoms with Crippen molar-refractivity contribution in [2.45, 2.75) is 31.6 Å². The van der Waals surface area contributed by atoms with E-state index in [2.05, 4.69) is 15.5 Å². The number of anilines is 1.